The molecule has 2 atom stereocenters. The Kier molecular flexibility index (Phi) is 5.70. The molecule has 158 valence electrons. The highest BCUT2D eigenvalue weighted by Gasteiger charge is 2.44. The van der Waals surface area contributed by atoms with Crippen LogP contribution in [0.1, 0.15) is 0 Å². The Morgan fingerprint density at radius 1 is 1.23 bits per heavy atom. The van der Waals surface area contributed by atoms with E-state index in [9.17, 15) is 17.6 Å². The normalized spacial score (nSPS) is 21.6. The van der Waals surface area contributed by atoms with E-state index >= 15 is 0 Å². The lowest BCUT2D eigenvalue weighted by Gasteiger charge is -2.24. The average molecular weight is 450 g/mol. The number of aliphatic imine (C=N–C) groups is 1. The number of hydrogen-bond acceptors (Lipinski definition) is 7. The standard InChI is InChI=1S/C20H20FN3O4S2/c1-28-17-9-5-3-7-14(17)22-19(25)10-24(16-8-4-2-6-13(16)21)20-23-15-11-30(26,27)12-18(15)29-20/h2-9,15,18H,10-12H2,1H3,(H,22,25)/t15-,18+/m1/s1. The molecule has 2 aliphatic heterocycles. The number of fused-ring (bicyclic) bond motifs is 1. The summed E-state index contributed by atoms with van der Waals surface area (Å²) in [6.45, 7) is -0.184. The number of anilines is 2. The van der Waals surface area contributed by atoms with Crippen LogP contribution in [-0.2, 0) is 14.6 Å². The van der Waals surface area contributed by atoms with Crippen molar-refractivity contribution in [3.63, 3.8) is 0 Å². The summed E-state index contributed by atoms with van der Waals surface area (Å²) in [7, 11) is -1.61. The second kappa shape index (κ2) is 8.27. The smallest absolute Gasteiger partial charge is 0.244 e. The van der Waals surface area contributed by atoms with Crippen molar-refractivity contribution >= 4 is 44.0 Å². The second-order valence-corrected chi connectivity index (χ2v) is 10.4. The summed E-state index contributed by atoms with van der Waals surface area (Å²) < 4.78 is 43.5. The van der Waals surface area contributed by atoms with Crippen LogP contribution in [0.5, 0.6) is 5.75 Å². The van der Waals surface area contributed by atoms with Crippen LogP contribution < -0.4 is 15.0 Å². The number of thioether (sulfide) groups is 1. The third-order valence-electron chi connectivity index (χ3n) is 4.86. The van der Waals surface area contributed by atoms with Crippen LogP contribution in [-0.4, -0.2) is 55.9 Å². The van der Waals surface area contributed by atoms with Gasteiger partial charge in [-0.1, -0.05) is 36.0 Å². The van der Waals surface area contributed by atoms with Crippen LogP contribution in [0.3, 0.4) is 0 Å². The van der Waals surface area contributed by atoms with Gasteiger partial charge in [-0.15, -0.1) is 0 Å². The van der Waals surface area contributed by atoms with Crippen LogP contribution in [0.4, 0.5) is 15.8 Å². The maximum absolute atomic E-state index is 14.5. The number of para-hydroxylation sites is 3. The molecule has 0 aliphatic carbocycles. The third-order valence-corrected chi connectivity index (χ3v) is 8.11. The van der Waals surface area contributed by atoms with E-state index in [-0.39, 0.29) is 40.9 Å². The second-order valence-electron chi connectivity index (χ2n) is 7.00. The topological polar surface area (TPSA) is 88.1 Å². The molecule has 4 rings (SSSR count). The van der Waals surface area contributed by atoms with E-state index in [2.05, 4.69) is 10.3 Å². The number of benzene rings is 2. The lowest BCUT2D eigenvalue weighted by molar-refractivity contribution is -0.114. The van der Waals surface area contributed by atoms with Crippen molar-refractivity contribution in [3.8, 4) is 5.75 Å². The Morgan fingerprint density at radius 2 is 1.97 bits per heavy atom. The van der Waals surface area contributed by atoms with Crippen molar-refractivity contribution in [1.29, 1.82) is 0 Å². The van der Waals surface area contributed by atoms with Crippen LogP contribution in [0.2, 0.25) is 0 Å². The summed E-state index contributed by atoms with van der Waals surface area (Å²) in [5.41, 5.74) is 0.712. The molecule has 7 nitrogen and oxygen atoms in total. The molecule has 2 aliphatic rings. The molecule has 0 bridgehead atoms. The highest BCUT2D eigenvalue weighted by Crippen LogP contribution is 2.37. The first-order valence-corrected chi connectivity index (χ1v) is 12.0. The summed E-state index contributed by atoms with van der Waals surface area (Å²) in [6, 6.07) is 12.7. The molecule has 1 fully saturated rings. The maximum Gasteiger partial charge on any atom is 0.244 e. The quantitative estimate of drug-likeness (QED) is 0.755. The van der Waals surface area contributed by atoms with E-state index < -0.39 is 15.7 Å². The zero-order valence-electron chi connectivity index (χ0n) is 16.1. The minimum absolute atomic E-state index is 0.0211. The SMILES string of the molecule is COc1ccccc1NC(=O)CN(C1=N[C@@H]2CS(=O)(=O)C[C@@H]2S1)c1ccccc1F. The number of amides is 1. The van der Waals surface area contributed by atoms with Crippen LogP contribution in [0, 0.1) is 5.82 Å². The van der Waals surface area contributed by atoms with Gasteiger partial charge in [0.05, 0.1) is 36.0 Å². The predicted octanol–water partition coefficient (Wildman–Crippen LogP) is 2.55. The number of carbonyl (C=O) groups excluding carboxylic acids is 1. The number of methoxy groups -OCH3 is 1. The molecule has 0 radical (unpaired) electrons. The maximum atomic E-state index is 14.5. The summed E-state index contributed by atoms with van der Waals surface area (Å²) >= 11 is 1.28. The summed E-state index contributed by atoms with van der Waals surface area (Å²) in [5.74, 6) is -0.345. The van der Waals surface area contributed by atoms with Crippen molar-refractivity contribution in [3.05, 3.63) is 54.3 Å². The van der Waals surface area contributed by atoms with Crippen molar-refractivity contribution in [2.45, 2.75) is 11.3 Å². The first-order chi connectivity index (χ1) is 14.4. The van der Waals surface area contributed by atoms with Crippen molar-refractivity contribution in [2.24, 2.45) is 4.99 Å². The van der Waals surface area contributed by atoms with Crippen molar-refractivity contribution < 1.29 is 22.3 Å². The predicted molar refractivity (Wildman–Crippen MR) is 117 cm³/mol. The molecule has 0 saturated carbocycles. The molecular formula is C20H20FN3O4S2. The average Bonchev–Trinajstić information content (AvgIpc) is 3.20. The molecule has 0 aromatic heterocycles. The number of amidine groups is 1. The fraction of sp³-hybridized carbons (Fsp3) is 0.300. The fourth-order valence-electron chi connectivity index (χ4n) is 3.48. The van der Waals surface area contributed by atoms with Gasteiger partial charge in [-0.05, 0) is 24.3 Å². The van der Waals surface area contributed by atoms with Gasteiger partial charge < -0.3 is 15.0 Å². The molecule has 2 aromatic rings. The largest absolute Gasteiger partial charge is 0.495 e. The van der Waals surface area contributed by atoms with E-state index in [0.29, 0.717) is 16.6 Å². The number of sulfone groups is 1. The Labute approximate surface area is 178 Å². The van der Waals surface area contributed by atoms with Gasteiger partial charge in [0.2, 0.25) is 5.91 Å². The van der Waals surface area contributed by atoms with Gasteiger partial charge in [-0.3, -0.25) is 9.79 Å². The number of hydrogen-bond donors (Lipinski definition) is 1. The minimum Gasteiger partial charge on any atom is -0.495 e. The van der Waals surface area contributed by atoms with Crippen LogP contribution in [0.25, 0.3) is 0 Å². The number of carbonyl (C=O) groups is 1. The number of rotatable bonds is 5. The molecule has 1 amide bonds. The van der Waals surface area contributed by atoms with Crippen LogP contribution >= 0.6 is 11.8 Å². The van der Waals surface area contributed by atoms with Gasteiger partial charge >= 0.3 is 0 Å². The highest BCUT2D eigenvalue weighted by atomic mass is 32.2. The summed E-state index contributed by atoms with van der Waals surface area (Å²) in [6.07, 6.45) is 0. The lowest BCUT2D eigenvalue weighted by atomic mass is 10.2. The minimum atomic E-state index is -3.11. The van der Waals surface area contributed by atoms with Gasteiger partial charge in [-0.25, -0.2) is 12.8 Å². The molecule has 0 spiro atoms. The zero-order valence-corrected chi connectivity index (χ0v) is 17.7. The van der Waals surface area contributed by atoms with E-state index in [1.165, 1.54) is 29.8 Å². The van der Waals surface area contributed by atoms with Crippen molar-refractivity contribution in [1.82, 2.24) is 0 Å². The molecular weight excluding hydrogens is 429 g/mol. The molecule has 0 unspecified atom stereocenters. The van der Waals surface area contributed by atoms with E-state index in [1.54, 1.807) is 42.5 Å². The van der Waals surface area contributed by atoms with E-state index in [1.807, 2.05) is 0 Å². The number of halogens is 1. The van der Waals surface area contributed by atoms with Gasteiger partial charge in [0.1, 0.15) is 18.1 Å². The lowest BCUT2D eigenvalue weighted by Crippen LogP contribution is -2.37. The molecule has 2 aromatic carbocycles. The van der Waals surface area contributed by atoms with Crippen molar-refractivity contribution in [2.75, 3.05) is 35.4 Å². The molecule has 2 heterocycles. The molecule has 30 heavy (non-hydrogen) atoms. The van der Waals surface area contributed by atoms with Gasteiger partial charge in [0.15, 0.2) is 15.0 Å². The Bertz CT molecular complexity index is 1110. The summed E-state index contributed by atoms with van der Waals surface area (Å²) in [5, 5.41) is 3.01. The molecule has 1 saturated heterocycles. The molecule has 10 heteroatoms. The van der Waals surface area contributed by atoms with E-state index in [0.717, 1.165) is 0 Å². The van der Waals surface area contributed by atoms with Crippen LogP contribution in [0.15, 0.2) is 53.5 Å². The number of nitrogens with zero attached hydrogens (tertiary/aromatic N) is 2. The Hall–Kier alpha value is -2.59. The van der Waals surface area contributed by atoms with E-state index in [4.69, 9.17) is 4.74 Å². The fourth-order valence-corrected chi connectivity index (χ4v) is 7.25. The Morgan fingerprint density at radius 3 is 2.70 bits per heavy atom. The zero-order chi connectivity index (χ0) is 21.3. The Balaban J connectivity index is 1.59. The first-order valence-electron chi connectivity index (χ1n) is 9.26. The molecule has 1 N–H and O–H groups in total. The highest BCUT2D eigenvalue weighted by molar-refractivity contribution is 8.15. The van der Waals surface area contributed by atoms with Gasteiger partial charge in [0.25, 0.3) is 0 Å². The summed E-state index contributed by atoms with van der Waals surface area (Å²) in [4.78, 5) is 18.8. The van der Waals surface area contributed by atoms with Gasteiger partial charge in [0, 0.05) is 5.25 Å². The third kappa shape index (κ3) is 4.29. The van der Waals surface area contributed by atoms with Gasteiger partial charge in [-0.2, -0.15) is 0 Å². The monoisotopic (exact) mass is 449 g/mol. The number of nitrogens with one attached hydrogen (secondary N) is 1. The number of ether oxygens (including phenoxy) is 1. The first kappa shape index (κ1) is 20.7.